The third-order valence-electron chi connectivity index (χ3n) is 4.62. The Bertz CT molecular complexity index is 736. The molecule has 0 unspecified atom stereocenters. The average molecular weight is 339 g/mol. The first-order chi connectivity index (χ1) is 12.1. The van der Waals surface area contributed by atoms with E-state index in [0.29, 0.717) is 11.5 Å². The maximum Gasteiger partial charge on any atom is 0.274 e. The van der Waals surface area contributed by atoms with Gasteiger partial charge in [0.25, 0.3) is 5.91 Å². The number of nitrogens with zero attached hydrogens (tertiary/aromatic N) is 4. The molecule has 0 radical (unpaired) electrons. The van der Waals surface area contributed by atoms with Crippen molar-refractivity contribution in [3.05, 3.63) is 47.4 Å². The van der Waals surface area contributed by atoms with Gasteiger partial charge in [0, 0.05) is 31.9 Å². The van der Waals surface area contributed by atoms with Crippen molar-refractivity contribution in [2.75, 3.05) is 38.0 Å². The molecule has 2 aromatic rings. The summed E-state index contributed by atoms with van der Waals surface area (Å²) in [6.45, 7) is 10.6. The number of benzene rings is 1. The zero-order valence-corrected chi connectivity index (χ0v) is 15.1. The highest BCUT2D eigenvalue weighted by molar-refractivity contribution is 5.92. The fraction of sp³-hybridized carbons (Fsp3) is 0.421. The Morgan fingerprint density at radius 1 is 1.12 bits per heavy atom. The van der Waals surface area contributed by atoms with Crippen molar-refractivity contribution in [2.24, 2.45) is 0 Å². The number of piperazine rings is 1. The van der Waals surface area contributed by atoms with Gasteiger partial charge in [0.1, 0.15) is 11.5 Å². The molecule has 25 heavy (non-hydrogen) atoms. The maximum absolute atomic E-state index is 12.5. The SMILES string of the molecule is CCN1CCN(C(=O)c2cnc(Nc3ccc(C)cc3C)cn2)CC1. The molecule has 1 aromatic heterocycles. The van der Waals surface area contributed by atoms with Gasteiger partial charge >= 0.3 is 0 Å². The smallest absolute Gasteiger partial charge is 0.274 e. The second-order valence-corrected chi connectivity index (χ2v) is 6.46. The van der Waals surface area contributed by atoms with Crippen LogP contribution in [-0.4, -0.2) is 58.4 Å². The Balaban J connectivity index is 1.64. The number of anilines is 2. The molecule has 1 aromatic carbocycles. The topological polar surface area (TPSA) is 61.4 Å². The van der Waals surface area contributed by atoms with Crippen LogP contribution in [-0.2, 0) is 0 Å². The largest absolute Gasteiger partial charge is 0.339 e. The Morgan fingerprint density at radius 2 is 1.88 bits per heavy atom. The van der Waals surface area contributed by atoms with Gasteiger partial charge in [-0.2, -0.15) is 0 Å². The fourth-order valence-electron chi connectivity index (χ4n) is 3.02. The minimum atomic E-state index is -0.0404. The minimum absolute atomic E-state index is 0.0404. The van der Waals surface area contributed by atoms with Gasteiger partial charge in [-0.1, -0.05) is 24.6 Å². The fourth-order valence-corrected chi connectivity index (χ4v) is 3.02. The summed E-state index contributed by atoms with van der Waals surface area (Å²) in [5.74, 6) is 0.598. The van der Waals surface area contributed by atoms with E-state index in [0.717, 1.165) is 44.0 Å². The van der Waals surface area contributed by atoms with Crippen LogP contribution in [0.4, 0.5) is 11.5 Å². The lowest BCUT2D eigenvalue weighted by molar-refractivity contribution is 0.0637. The summed E-state index contributed by atoms with van der Waals surface area (Å²) in [5.41, 5.74) is 3.76. The zero-order chi connectivity index (χ0) is 17.8. The highest BCUT2D eigenvalue weighted by Crippen LogP contribution is 2.20. The first kappa shape index (κ1) is 17.4. The molecule has 0 spiro atoms. The van der Waals surface area contributed by atoms with Crippen LogP contribution < -0.4 is 5.32 Å². The number of hydrogen-bond acceptors (Lipinski definition) is 5. The Kier molecular flexibility index (Phi) is 5.28. The van der Waals surface area contributed by atoms with Crippen molar-refractivity contribution in [3.63, 3.8) is 0 Å². The number of carbonyl (C=O) groups excluding carboxylic acids is 1. The normalized spacial score (nSPS) is 15.2. The number of aromatic nitrogens is 2. The summed E-state index contributed by atoms with van der Waals surface area (Å²) in [7, 11) is 0. The zero-order valence-electron chi connectivity index (χ0n) is 15.1. The molecule has 132 valence electrons. The average Bonchev–Trinajstić information content (AvgIpc) is 2.64. The summed E-state index contributed by atoms with van der Waals surface area (Å²) < 4.78 is 0. The van der Waals surface area contributed by atoms with Crippen LogP contribution in [0.15, 0.2) is 30.6 Å². The molecule has 1 amide bonds. The molecular weight excluding hydrogens is 314 g/mol. The van der Waals surface area contributed by atoms with E-state index in [1.165, 1.54) is 5.56 Å². The number of hydrogen-bond donors (Lipinski definition) is 1. The minimum Gasteiger partial charge on any atom is -0.339 e. The molecule has 1 N–H and O–H groups in total. The van der Waals surface area contributed by atoms with Crippen LogP contribution in [0.2, 0.25) is 0 Å². The predicted molar refractivity (Wildman–Crippen MR) is 99.2 cm³/mol. The van der Waals surface area contributed by atoms with Gasteiger partial charge in [-0.3, -0.25) is 4.79 Å². The number of amides is 1. The lowest BCUT2D eigenvalue weighted by Gasteiger charge is -2.33. The quantitative estimate of drug-likeness (QED) is 0.928. The van der Waals surface area contributed by atoms with E-state index >= 15 is 0 Å². The van der Waals surface area contributed by atoms with Crippen LogP contribution in [0.5, 0.6) is 0 Å². The summed E-state index contributed by atoms with van der Waals surface area (Å²) >= 11 is 0. The highest BCUT2D eigenvalue weighted by atomic mass is 16.2. The lowest BCUT2D eigenvalue weighted by Crippen LogP contribution is -2.48. The number of nitrogens with one attached hydrogen (secondary N) is 1. The van der Waals surface area contributed by atoms with E-state index in [1.54, 1.807) is 12.4 Å². The Labute approximate surface area is 148 Å². The van der Waals surface area contributed by atoms with Crippen LogP contribution in [0, 0.1) is 13.8 Å². The van der Waals surface area contributed by atoms with Gasteiger partial charge < -0.3 is 15.1 Å². The van der Waals surface area contributed by atoms with Crippen molar-refractivity contribution in [1.29, 1.82) is 0 Å². The van der Waals surface area contributed by atoms with Crippen molar-refractivity contribution in [2.45, 2.75) is 20.8 Å². The molecule has 1 aliphatic rings. The molecule has 0 bridgehead atoms. The van der Waals surface area contributed by atoms with Crippen molar-refractivity contribution < 1.29 is 4.79 Å². The molecule has 0 aliphatic carbocycles. The second kappa shape index (κ2) is 7.61. The van der Waals surface area contributed by atoms with E-state index in [2.05, 4.69) is 53.1 Å². The molecule has 3 rings (SSSR count). The predicted octanol–water partition coefficient (Wildman–Crippen LogP) is 2.61. The highest BCUT2D eigenvalue weighted by Gasteiger charge is 2.22. The van der Waals surface area contributed by atoms with Crippen LogP contribution in [0.1, 0.15) is 28.5 Å². The molecule has 0 atom stereocenters. The monoisotopic (exact) mass is 339 g/mol. The second-order valence-electron chi connectivity index (χ2n) is 6.46. The van der Waals surface area contributed by atoms with E-state index < -0.39 is 0 Å². The number of aryl methyl sites for hydroxylation is 2. The van der Waals surface area contributed by atoms with E-state index in [1.807, 2.05) is 11.0 Å². The van der Waals surface area contributed by atoms with Crippen LogP contribution >= 0.6 is 0 Å². The Morgan fingerprint density at radius 3 is 2.48 bits per heavy atom. The van der Waals surface area contributed by atoms with Crippen molar-refractivity contribution in [1.82, 2.24) is 19.8 Å². The molecule has 6 nitrogen and oxygen atoms in total. The van der Waals surface area contributed by atoms with Gasteiger partial charge in [-0.15, -0.1) is 0 Å². The summed E-state index contributed by atoms with van der Waals surface area (Å²) in [5, 5.41) is 3.25. The molecule has 2 heterocycles. The number of carbonyl (C=O) groups is 1. The molecule has 1 aliphatic heterocycles. The third-order valence-corrected chi connectivity index (χ3v) is 4.62. The summed E-state index contributed by atoms with van der Waals surface area (Å²) in [6.07, 6.45) is 3.18. The van der Waals surface area contributed by atoms with Gasteiger partial charge in [-0.25, -0.2) is 9.97 Å². The first-order valence-corrected chi connectivity index (χ1v) is 8.74. The molecule has 6 heteroatoms. The first-order valence-electron chi connectivity index (χ1n) is 8.74. The van der Waals surface area contributed by atoms with E-state index in [4.69, 9.17) is 0 Å². The van der Waals surface area contributed by atoms with Crippen molar-refractivity contribution >= 4 is 17.4 Å². The van der Waals surface area contributed by atoms with Gasteiger partial charge in [0.2, 0.25) is 0 Å². The van der Waals surface area contributed by atoms with Gasteiger partial charge in [-0.05, 0) is 32.0 Å². The molecule has 1 fully saturated rings. The number of likely N-dealkylation sites (N-methyl/N-ethyl adjacent to an activating group) is 1. The Hall–Kier alpha value is -2.47. The summed E-state index contributed by atoms with van der Waals surface area (Å²) in [6, 6.07) is 6.19. The summed E-state index contributed by atoms with van der Waals surface area (Å²) in [4.78, 5) is 25.4. The van der Waals surface area contributed by atoms with E-state index in [9.17, 15) is 4.79 Å². The lowest BCUT2D eigenvalue weighted by atomic mass is 10.1. The number of rotatable bonds is 4. The van der Waals surface area contributed by atoms with Gasteiger partial charge in [0.15, 0.2) is 0 Å². The molecule has 1 saturated heterocycles. The van der Waals surface area contributed by atoms with Crippen molar-refractivity contribution in [3.8, 4) is 0 Å². The molecule has 0 saturated carbocycles. The van der Waals surface area contributed by atoms with E-state index in [-0.39, 0.29) is 5.91 Å². The van der Waals surface area contributed by atoms with Crippen LogP contribution in [0.25, 0.3) is 0 Å². The third kappa shape index (κ3) is 4.14. The maximum atomic E-state index is 12.5. The van der Waals surface area contributed by atoms with Gasteiger partial charge in [0.05, 0.1) is 12.4 Å². The molecular formula is C19H25N5O. The standard InChI is InChI=1S/C19H25N5O/c1-4-23-7-9-24(10-8-23)19(25)17-12-21-18(13-20-17)22-16-6-5-14(2)11-15(16)3/h5-6,11-13H,4,7-10H2,1-3H3,(H,21,22). The van der Waals surface area contributed by atoms with Crippen LogP contribution in [0.3, 0.4) is 0 Å².